The fraction of sp³-hybridized carbons (Fsp3) is 0.368. The molecule has 1 aliphatic heterocycles. The summed E-state index contributed by atoms with van der Waals surface area (Å²) in [7, 11) is 0. The smallest absolute Gasteiger partial charge is 0.0234 e. The van der Waals surface area contributed by atoms with E-state index in [0.29, 0.717) is 0 Å². The van der Waals surface area contributed by atoms with E-state index >= 15 is 0 Å². The molecule has 0 bridgehead atoms. The minimum atomic E-state index is 0.984. The molecule has 0 unspecified atom stereocenters. The highest BCUT2D eigenvalue weighted by Crippen LogP contribution is 2.17. The molecule has 0 saturated carbocycles. The van der Waals surface area contributed by atoms with Crippen LogP contribution in [-0.4, -0.2) is 72.0 Å². The highest BCUT2D eigenvalue weighted by atomic mass is 79.9. The molecule has 0 N–H and O–H groups in total. The van der Waals surface area contributed by atoms with E-state index in [1.807, 2.05) is 0 Å². The highest BCUT2D eigenvalue weighted by molar-refractivity contribution is 9.10. The van der Waals surface area contributed by atoms with Gasteiger partial charge in [0.15, 0.2) is 0 Å². The summed E-state index contributed by atoms with van der Waals surface area (Å²) in [6.45, 7) is 12.6. The first-order valence-corrected chi connectivity index (χ1v) is 17.6. The molecular weight excluding hydrogens is 672 g/mol. The summed E-state index contributed by atoms with van der Waals surface area (Å²) in [5.74, 6) is 0. The Balaban J connectivity index is 1.33. The molecule has 1 saturated heterocycles. The molecule has 232 valence electrons. The summed E-state index contributed by atoms with van der Waals surface area (Å²) in [5.41, 5.74) is 5.54. The normalized spacial score (nSPS) is 17.3. The summed E-state index contributed by atoms with van der Waals surface area (Å²) in [4.78, 5) is 10.7. The Morgan fingerprint density at radius 3 is 1.02 bits per heavy atom. The van der Waals surface area contributed by atoms with Gasteiger partial charge in [-0.15, -0.1) is 0 Å². The fourth-order valence-electron chi connectivity index (χ4n) is 6.15. The molecule has 4 nitrogen and oxygen atoms in total. The van der Waals surface area contributed by atoms with E-state index < -0.39 is 0 Å². The van der Waals surface area contributed by atoms with Crippen molar-refractivity contribution in [2.24, 2.45) is 0 Å². The third kappa shape index (κ3) is 11.6. The van der Waals surface area contributed by atoms with Crippen LogP contribution in [0.2, 0.25) is 0 Å². The molecule has 0 atom stereocenters. The van der Waals surface area contributed by atoms with Crippen molar-refractivity contribution in [1.29, 1.82) is 0 Å². The first-order chi connectivity index (χ1) is 21.6. The number of rotatable bonds is 8. The lowest BCUT2D eigenvalue weighted by molar-refractivity contribution is 0.148. The van der Waals surface area contributed by atoms with Gasteiger partial charge in [-0.2, -0.15) is 0 Å². The third-order valence-electron chi connectivity index (χ3n) is 8.45. The van der Waals surface area contributed by atoms with Crippen LogP contribution in [0, 0.1) is 0 Å². The Morgan fingerprint density at radius 2 is 0.682 bits per heavy atom. The zero-order chi connectivity index (χ0) is 30.4. The average molecular weight is 719 g/mol. The van der Waals surface area contributed by atoms with Crippen molar-refractivity contribution in [3.63, 3.8) is 0 Å². The van der Waals surface area contributed by atoms with Crippen LogP contribution in [0.5, 0.6) is 0 Å². The summed E-state index contributed by atoms with van der Waals surface area (Å²) >= 11 is 7.38. The van der Waals surface area contributed by atoms with Crippen LogP contribution in [0.1, 0.15) is 35.1 Å². The second-order valence-corrected chi connectivity index (χ2v) is 13.9. The molecule has 0 aliphatic carbocycles. The SMILES string of the molecule is Brc1cccc(CN2CCCN(Cc3ccccc3)CCN(Cc3cccc(Br)c3)CCCN(Cc3ccccc3)CC2)c1. The quantitative estimate of drug-likeness (QED) is 0.182. The topological polar surface area (TPSA) is 13.0 Å². The summed E-state index contributed by atoms with van der Waals surface area (Å²) in [5, 5.41) is 0. The van der Waals surface area contributed by atoms with Crippen molar-refractivity contribution >= 4 is 31.9 Å². The van der Waals surface area contributed by atoms with Gasteiger partial charge < -0.3 is 0 Å². The molecular formula is C38H46Br2N4. The van der Waals surface area contributed by atoms with Crippen LogP contribution >= 0.6 is 31.9 Å². The Morgan fingerprint density at radius 1 is 0.364 bits per heavy atom. The van der Waals surface area contributed by atoms with Gasteiger partial charge in [-0.25, -0.2) is 0 Å². The molecule has 1 aliphatic rings. The molecule has 4 aromatic rings. The predicted octanol–water partition coefficient (Wildman–Crippen LogP) is 8.31. The van der Waals surface area contributed by atoms with E-state index in [1.54, 1.807) is 0 Å². The summed E-state index contributed by atoms with van der Waals surface area (Å²) in [6.07, 6.45) is 2.32. The minimum absolute atomic E-state index is 0.984. The first kappa shape index (κ1) is 33.1. The molecule has 0 radical (unpaired) electrons. The van der Waals surface area contributed by atoms with E-state index in [4.69, 9.17) is 0 Å². The van der Waals surface area contributed by atoms with E-state index in [1.165, 1.54) is 22.3 Å². The molecule has 1 heterocycles. The van der Waals surface area contributed by atoms with E-state index in [-0.39, 0.29) is 0 Å². The lowest BCUT2D eigenvalue weighted by atomic mass is 10.1. The van der Waals surface area contributed by atoms with Gasteiger partial charge in [0.25, 0.3) is 0 Å². The average Bonchev–Trinajstić information content (AvgIpc) is 3.02. The lowest BCUT2D eigenvalue weighted by Gasteiger charge is -2.32. The maximum absolute atomic E-state index is 3.69. The van der Waals surface area contributed by atoms with Crippen LogP contribution in [0.4, 0.5) is 0 Å². The molecule has 44 heavy (non-hydrogen) atoms. The Bertz CT molecular complexity index is 1280. The fourth-order valence-corrected chi connectivity index (χ4v) is 7.04. The van der Waals surface area contributed by atoms with Crippen molar-refractivity contribution in [2.75, 3.05) is 52.4 Å². The molecule has 4 aromatic carbocycles. The molecule has 0 amide bonds. The van der Waals surface area contributed by atoms with Crippen LogP contribution in [0.25, 0.3) is 0 Å². The van der Waals surface area contributed by atoms with Crippen LogP contribution in [0.15, 0.2) is 118 Å². The maximum Gasteiger partial charge on any atom is 0.0234 e. The third-order valence-corrected chi connectivity index (χ3v) is 9.44. The van der Waals surface area contributed by atoms with E-state index in [0.717, 1.165) is 100 Å². The first-order valence-electron chi connectivity index (χ1n) is 16.1. The number of nitrogens with zero attached hydrogens (tertiary/aromatic N) is 4. The lowest BCUT2D eigenvalue weighted by Crippen LogP contribution is -2.40. The van der Waals surface area contributed by atoms with Crippen LogP contribution in [-0.2, 0) is 26.2 Å². The van der Waals surface area contributed by atoms with Crippen molar-refractivity contribution in [3.8, 4) is 0 Å². The van der Waals surface area contributed by atoms with Crippen molar-refractivity contribution in [3.05, 3.63) is 140 Å². The standard InChI is InChI=1S/C38H46Br2N4/c39-37-17-7-15-35(27-37)31-43-22-10-20-42(30-34-13-5-2-6-14-34)24-26-44(32-36-16-8-18-38(40)28-36)21-9-19-41(23-25-43)29-33-11-3-1-4-12-33/h1-8,11-18,27-28H,9-10,19-26,29-32H2. The Kier molecular flexibility index (Phi) is 13.5. The van der Waals surface area contributed by atoms with Gasteiger partial charge in [0, 0.05) is 61.3 Å². The van der Waals surface area contributed by atoms with Gasteiger partial charge in [0.1, 0.15) is 0 Å². The largest absolute Gasteiger partial charge is 0.298 e. The summed E-state index contributed by atoms with van der Waals surface area (Å²) < 4.78 is 2.31. The molecule has 5 rings (SSSR count). The van der Waals surface area contributed by atoms with Gasteiger partial charge in [-0.05, 0) is 85.5 Å². The van der Waals surface area contributed by atoms with Gasteiger partial charge >= 0.3 is 0 Å². The number of hydrogen-bond acceptors (Lipinski definition) is 4. The van der Waals surface area contributed by atoms with Gasteiger partial charge in [0.05, 0.1) is 0 Å². The second-order valence-electron chi connectivity index (χ2n) is 12.0. The van der Waals surface area contributed by atoms with E-state index in [2.05, 4.69) is 161 Å². The van der Waals surface area contributed by atoms with Crippen LogP contribution < -0.4 is 0 Å². The van der Waals surface area contributed by atoms with Crippen molar-refractivity contribution < 1.29 is 0 Å². The minimum Gasteiger partial charge on any atom is -0.298 e. The monoisotopic (exact) mass is 716 g/mol. The Labute approximate surface area is 281 Å². The molecule has 0 aromatic heterocycles. The van der Waals surface area contributed by atoms with Crippen molar-refractivity contribution in [2.45, 2.75) is 39.0 Å². The molecule has 1 fully saturated rings. The predicted molar refractivity (Wildman–Crippen MR) is 192 cm³/mol. The molecule has 6 heteroatoms. The van der Waals surface area contributed by atoms with Gasteiger partial charge in [0.2, 0.25) is 0 Å². The maximum atomic E-state index is 3.69. The molecule has 0 spiro atoms. The zero-order valence-electron chi connectivity index (χ0n) is 25.8. The number of hydrogen-bond donors (Lipinski definition) is 0. The van der Waals surface area contributed by atoms with Gasteiger partial charge in [-0.3, -0.25) is 19.6 Å². The number of halogens is 2. The second kappa shape index (κ2) is 18.0. The zero-order valence-corrected chi connectivity index (χ0v) is 29.0. The highest BCUT2D eigenvalue weighted by Gasteiger charge is 2.16. The number of benzene rings is 4. The Hall–Kier alpha value is -2.32. The summed E-state index contributed by atoms with van der Waals surface area (Å²) in [6, 6.07) is 39.6. The van der Waals surface area contributed by atoms with Crippen LogP contribution in [0.3, 0.4) is 0 Å². The van der Waals surface area contributed by atoms with Crippen molar-refractivity contribution in [1.82, 2.24) is 19.6 Å². The van der Waals surface area contributed by atoms with E-state index in [9.17, 15) is 0 Å². The van der Waals surface area contributed by atoms with Gasteiger partial charge in [-0.1, -0.05) is 117 Å².